The second-order valence-corrected chi connectivity index (χ2v) is 9.61. The molecule has 0 saturated carbocycles. The topological polar surface area (TPSA) is 165 Å². The van der Waals surface area contributed by atoms with Gasteiger partial charge in [-0.15, -0.1) is 0 Å². The van der Waals surface area contributed by atoms with Crippen LogP contribution in [0.1, 0.15) is 74.0 Å². The summed E-state index contributed by atoms with van der Waals surface area (Å²) in [5, 5.41) is 0. The molecule has 0 spiro atoms. The van der Waals surface area contributed by atoms with Gasteiger partial charge >= 0.3 is 23.9 Å². The van der Waals surface area contributed by atoms with Gasteiger partial charge in [-0.3, -0.25) is 9.59 Å². The molecule has 1 aromatic heterocycles. The van der Waals surface area contributed by atoms with Crippen LogP contribution < -0.4 is 0 Å². The highest BCUT2D eigenvalue weighted by molar-refractivity contribution is 5.91. The first-order valence-electron chi connectivity index (χ1n) is 14.6. The zero-order chi connectivity index (χ0) is 37.5. The molecule has 0 radical (unpaired) electrons. The Balaban J connectivity index is -0.000000231. The number of hydrogen-bond donors (Lipinski definition) is 0. The minimum absolute atomic E-state index is 0.0509. The number of ether oxygens (including phenoxy) is 5. The summed E-state index contributed by atoms with van der Waals surface area (Å²) in [4.78, 5) is 60.4. The summed E-state index contributed by atoms with van der Waals surface area (Å²) in [6.45, 7) is 28.1. The molecular weight excluding hydrogens is 612 g/mol. The molecule has 47 heavy (non-hydrogen) atoms. The molecule has 0 aromatic carbocycles. The molecule has 0 amide bonds. The molecule has 266 valence electrons. The van der Waals surface area contributed by atoms with E-state index >= 15 is 0 Å². The molecule has 2 atom stereocenters. The van der Waals surface area contributed by atoms with Crippen LogP contribution in [0.2, 0.25) is 0 Å². The van der Waals surface area contributed by atoms with Crippen molar-refractivity contribution in [1.29, 1.82) is 0 Å². The predicted molar refractivity (Wildman–Crippen MR) is 179 cm³/mol. The fraction of sp³-hybridized carbons (Fsp3) is 0.486. The Labute approximate surface area is 279 Å². The van der Waals surface area contributed by atoms with Gasteiger partial charge in [-0.05, 0) is 52.3 Å². The molecular formula is C35H54O12. The van der Waals surface area contributed by atoms with Crippen LogP contribution >= 0.6 is 0 Å². The number of cyclic esters (lactones) is 1. The lowest BCUT2D eigenvalue weighted by Crippen LogP contribution is -2.05. The van der Waals surface area contributed by atoms with Crippen LogP contribution in [0.5, 0.6) is 0 Å². The van der Waals surface area contributed by atoms with Gasteiger partial charge < -0.3 is 32.9 Å². The van der Waals surface area contributed by atoms with Crippen molar-refractivity contribution in [2.24, 2.45) is 0 Å². The third-order valence-electron chi connectivity index (χ3n) is 4.93. The molecule has 2 aliphatic heterocycles. The van der Waals surface area contributed by atoms with E-state index in [2.05, 4.69) is 47.5 Å². The Morgan fingerprint density at radius 3 is 1.62 bits per heavy atom. The zero-order valence-corrected chi connectivity index (χ0v) is 29.7. The van der Waals surface area contributed by atoms with Gasteiger partial charge in [-0.1, -0.05) is 40.2 Å². The smallest absolute Gasteiger partial charge is 0.333 e. The maximum absolute atomic E-state index is 10.5. The Hall–Kier alpha value is -4.58. The Bertz CT molecular complexity index is 1090. The highest BCUT2D eigenvalue weighted by Gasteiger charge is 2.23. The maximum Gasteiger partial charge on any atom is 0.333 e. The number of allylic oxidation sites excluding steroid dienone is 1. The highest BCUT2D eigenvalue weighted by Crippen LogP contribution is 2.16. The Kier molecular flexibility index (Phi) is 32.9. The average Bonchev–Trinajstić information content (AvgIpc) is 3.61. The third kappa shape index (κ3) is 39.4. The number of epoxide rings is 1. The Morgan fingerprint density at radius 2 is 1.49 bits per heavy atom. The van der Waals surface area contributed by atoms with Crippen LogP contribution in [0.4, 0.5) is 0 Å². The van der Waals surface area contributed by atoms with Gasteiger partial charge in [-0.2, -0.15) is 0 Å². The minimum Gasteiger partial charge on any atom is -0.469 e. The number of carbonyl (C=O) groups is 6. The first-order chi connectivity index (χ1) is 21.8. The van der Waals surface area contributed by atoms with Crippen molar-refractivity contribution in [3.05, 3.63) is 73.3 Å². The van der Waals surface area contributed by atoms with E-state index in [-0.39, 0.29) is 41.7 Å². The van der Waals surface area contributed by atoms with Crippen molar-refractivity contribution < 1.29 is 56.9 Å². The number of Topliss-reactive ketones (excluding diaryl/α,β-unsaturated/α-hetero) is 2. The van der Waals surface area contributed by atoms with Crippen molar-refractivity contribution >= 4 is 35.4 Å². The average molecular weight is 667 g/mol. The largest absolute Gasteiger partial charge is 0.469 e. The van der Waals surface area contributed by atoms with Crippen molar-refractivity contribution in [1.82, 2.24) is 0 Å². The number of carbonyl (C=O) groups excluding carboxylic acids is 6. The summed E-state index contributed by atoms with van der Waals surface area (Å²) in [5.41, 5.74) is 1.65. The standard InChI is InChI=1S/C6H8O2.C6H8O.C5H8O3.C5H8O2.C5H8O.C4H6O2.C4H8O/c1-4-3-5(2)8-6(4)7;1-2-6-4-3-5-7-6;1-4(6)7-2-5-3-8-5;1-4(2)5(6)7-3;1-4(2)5(3)6;1-3-4(5)6-2;1-3-4(2)5/h5H,1,3H2,2H3;3-5H,2H2,1H3;5H,2-3H2,1H3;1H2,2-3H3;1H2,2-3H3;3H,1H2,2H3;3H2,1-2H3. The van der Waals surface area contributed by atoms with Crippen molar-refractivity contribution in [2.75, 3.05) is 27.4 Å². The number of hydrogen-bond acceptors (Lipinski definition) is 12. The second kappa shape index (κ2) is 31.4. The minimum atomic E-state index is -0.394. The second-order valence-electron chi connectivity index (χ2n) is 9.61. The van der Waals surface area contributed by atoms with Gasteiger partial charge in [0, 0.05) is 43.4 Å². The monoisotopic (exact) mass is 666 g/mol. The molecule has 12 nitrogen and oxygen atoms in total. The molecule has 3 heterocycles. The first-order valence-corrected chi connectivity index (χ1v) is 14.6. The van der Waals surface area contributed by atoms with Crippen molar-refractivity contribution in [2.45, 2.75) is 86.9 Å². The van der Waals surface area contributed by atoms with Crippen LogP contribution in [-0.4, -0.2) is 75.1 Å². The van der Waals surface area contributed by atoms with Gasteiger partial charge in [0.1, 0.15) is 30.4 Å². The predicted octanol–water partition coefficient (Wildman–Crippen LogP) is 5.89. The lowest BCUT2D eigenvalue weighted by Gasteiger charge is -1.94. The fourth-order valence-electron chi connectivity index (χ4n) is 1.88. The zero-order valence-electron chi connectivity index (χ0n) is 29.7. The van der Waals surface area contributed by atoms with E-state index in [1.165, 1.54) is 28.1 Å². The molecule has 2 fully saturated rings. The van der Waals surface area contributed by atoms with Crippen LogP contribution in [0.15, 0.2) is 71.9 Å². The van der Waals surface area contributed by atoms with Crippen LogP contribution in [-0.2, 0) is 58.9 Å². The molecule has 0 bridgehead atoms. The van der Waals surface area contributed by atoms with Gasteiger partial charge in [0.05, 0.1) is 27.1 Å². The van der Waals surface area contributed by atoms with E-state index < -0.39 is 5.97 Å². The molecule has 0 N–H and O–H groups in total. The van der Waals surface area contributed by atoms with E-state index in [0.717, 1.165) is 24.9 Å². The quantitative estimate of drug-likeness (QED) is 0.147. The summed E-state index contributed by atoms with van der Waals surface area (Å²) in [5.74, 6) is 0.160. The summed E-state index contributed by atoms with van der Waals surface area (Å²) in [6.07, 6.45) is 5.40. The fourth-order valence-corrected chi connectivity index (χ4v) is 1.88. The highest BCUT2D eigenvalue weighted by atomic mass is 16.6. The number of rotatable bonds is 7. The molecule has 12 heteroatoms. The van der Waals surface area contributed by atoms with Crippen molar-refractivity contribution in [3.63, 3.8) is 0 Å². The molecule has 2 aliphatic rings. The summed E-state index contributed by atoms with van der Waals surface area (Å²) in [7, 11) is 2.64. The summed E-state index contributed by atoms with van der Waals surface area (Å²) < 4.78 is 27.5. The van der Waals surface area contributed by atoms with E-state index in [1.54, 1.807) is 27.0 Å². The number of methoxy groups -OCH3 is 2. The van der Waals surface area contributed by atoms with Gasteiger partial charge in [0.15, 0.2) is 5.78 Å². The van der Waals surface area contributed by atoms with E-state index in [4.69, 9.17) is 13.9 Å². The summed E-state index contributed by atoms with van der Waals surface area (Å²) >= 11 is 0. The van der Waals surface area contributed by atoms with E-state index in [0.29, 0.717) is 36.2 Å². The van der Waals surface area contributed by atoms with Gasteiger partial charge in [-0.25, -0.2) is 14.4 Å². The molecule has 3 rings (SSSR count). The third-order valence-corrected chi connectivity index (χ3v) is 4.93. The van der Waals surface area contributed by atoms with Crippen LogP contribution in [0.25, 0.3) is 0 Å². The van der Waals surface area contributed by atoms with Gasteiger partial charge in [0.2, 0.25) is 0 Å². The number of furan rings is 1. The lowest BCUT2D eigenvalue weighted by molar-refractivity contribution is -0.141. The van der Waals surface area contributed by atoms with E-state index in [1.807, 2.05) is 26.0 Å². The molecule has 0 aliphatic carbocycles. The normalized spacial score (nSPS) is 14.3. The molecule has 1 aromatic rings. The van der Waals surface area contributed by atoms with Gasteiger partial charge in [0.25, 0.3) is 0 Å². The van der Waals surface area contributed by atoms with Crippen LogP contribution in [0, 0.1) is 0 Å². The Morgan fingerprint density at radius 1 is 0.979 bits per heavy atom. The number of ketones is 2. The first kappa shape index (κ1) is 49.3. The number of esters is 4. The SMILES string of the molecule is C=C(C)C(=O)OC.C=C(C)C(C)=O.C=C1CC(C)OC1=O.C=CC(=O)OC.CC(=O)OCC1CO1.CCC(C)=O.CCc1ccco1. The van der Waals surface area contributed by atoms with Crippen molar-refractivity contribution in [3.8, 4) is 0 Å². The lowest BCUT2D eigenvalue weighted by atomic mass is 10.2. The van der Waals surface area contributed by atoms with Crippen LogP contribution in [0.3, 0.4) is 0 Å². The number of aryl methyl sites for hydroxylation is 1. The molecule has 2 saturated heterocycles. The maximum atomic E-state index is 10.5. The summed E-state index contributed by atoms with van der Waals surface area (Å²) in [6, 6.07) is 3.87. The molecule has 2 unspecified atom stereocenters. The van der Waals surface area contributed by atoms with E-state index in [9.17, 15) is 28.8 Å².